The molecule has 0 aliphatic carbocycles. The van der Waals surface area contributed by atoms with Crippen LogP contribution in [0.1, 0.15) is 25.0 Å². The number of hydrogen-bond donors (Lipinski definition) is 0. The summed E-state index contributed by atoms with van der Waals surface area (Å²) in [6.07, 6.45) is 1.48. The van der Waals surface area contributed by atoms with Gasteiger partial charge in [0, 0.05) is 18.3 Å². The van der Waals surface area contributed by atoms with Gasteiger partial charge in [-0.1, -0.05) is 30.3 Å². The van der Waals surface area contributed by atoms with Crippen LogP contribution in [0.25, 0.3) is 0 Å². The van der Waals surface area contributed by atoms with Crippen LogP contribution in [0.5, 0.6) is 0 Å². The summed E-state index contributed by atoms with van der Waals surface area (Å²) in [6.45, 7) is 3.73. The average molecular weight is 316 g/mol. The van der Waals surface area contributed by atoms with Gasteiger partial charge in [-0.25, -0.2) is 4.21 Å². The van der Waals surface area contributed by atoms with E-state index in [1.807, 2.05) is 44.2 Å². The van der Waals surface area contributed by atoms with Crippen molar-refractivity contribution in [3.8, 4) is 0 Å². The quantitative estimate of drug-likeness (QED) is 0.480. The van der Waals surface area contributed by atoms with E-state index in [0.717, 1.165) is 5.56 Å². The van der Waals surface area contributed by atoms with Crippen LogP contribution in [0, 0.1) is 10.1 Å². The minimum Gasteiger partial charge on any atom is -0.258 e. The van der Waals surface area contributed by atoms with Gasteiger partial charge >= 0.3 is 0 Å². The summed E-state index contributed by atoms with van der Waals surface area (Å²) >= 11 is 0. The van der Waals surface area contributed by atoms with Gasteiger partial charge in [-0.05, 0) is 37.1 Å². The minimum absolute atomic E-state index is 0.0166. The fourth-order valence-electron chi connectivity index (χ4n) is 1.86. The molecule has 0 saturated heterocycles. The summed E-state index contributed by atoms with van der Waals surface area (Å²) in [6, 6.07) is 15.5. The van der Waals surface area contributed by atoms with Crippen LogP contribution < -0.4 is 0 Å². The molecule has 0 N–H and O–H groups in total. The van der Waals surface area contributed by atoms with E-state index in [9.17, 15) is 14.3 Å². The Morgan fingerprint density at radius 2 is 1.68 bits per heavy atom. The molecule has 1 atom stereocenters. The fourth-order valence-corrected chi connectivity index (χ4v) is 2.68. The molecule has 0 aromatic heterocycles. The second-order valence-electron chi connectivity index (χ2n) is 5.21. The molecule has 0 radical (unpaired) electrons. The first kappa shape index (κ1) is 16.0. The zero-order valence-electron chi connectivity index (χ0n) is 12.3. The van der Waals surface area contributed by atoms with Crippen LogP contribution in [0.4, 0.5) is 5.69 Å². The van der Waals surface area contributed by atoms with E-state index in [1.165, 1.54) is 18.3 Å². The largest absolute Gasteiger partial charge is 0.269 e. The van der Waals surface area contributed by atoms with Crippen LogP contribution in [0.15, 0.2) is 59.0 Å². The predicted molar refractivity (Wildman–Crippen MR) is 88.3 cm³/mol. The molecule has 0 spiro atoms. The highest BCUT2D eigenvalue weighted by molar-refractivity contribution is 7.84. The minimum atomic E-state index is -1.46. The summed E-state index contributed by atoms with van der Waals surface area (Å²) < 4.78 is 15.9. The molecule has 0 heterocycles. The lowest BCUT2D eigenvalue weighted by Crippen LogP contribution is -2.22. The molecule has 0 fully saturated rings. The predicted octanol–water partition coefficient (Wildman–Crippen LogP) is 3.61. The second-order valence-corrected chi connectivity index (χ2v) is 6.94. The third-order valence-corrected chi connectivity index (χ3v) is 4.71. The van der Waals surface area contributed by atoms with E-state index in [4.69, 9.17) is 0 Å². The average Bonchev–Trinajstić information content (AvgIpc) is 2.53. The van der Waals surface area contributed by atoms with Crippen molar-refractivity contribution < 1.29 is 9.13 Å². The maximum absolute atomic E-state index is 12.4. The second kappa shape index (κ2) is 6.62. The van der Waals surface area contributed by atoms with Crippen LogP contribution >= 0.6 is 0 Å². The van der Waals surface area contributed by atoms with Gasteiger partial charge in [0.1, 0.15) is 11.0 Å². The van der Waals surface area contributed by atoms with E-state index < -0.39 is 20.7 Å². The van der Waals surface area contributed by atoms with Gasteiger partial charge in [-0.15, -0.1) is 0 Å². The molecule has 0 amide bonds. The van der Waals surface area contributed by atoms with Crippen LogP contribution in [-0.2, 0) is 15.7 Å². The molecule has 0 bridgehead atoms. The molecule has 0 aliphatic rings. The highest BCUT2D eigenvalue weighted by Gasteiger charge is 2.27. The zero-order valence-corrected chi connectivity index (χ0v) is 13.1. The molecular weight excluding hydrogens is 300 g/mol. The number of nitro groups is 1. The van der Waals surface area contributed by atoms with Gasteiger partial charge < -0.3 is 0 Å². The van der Waals surface area contributed by atoms with Gasteiger partial charge in [0.15, 0.2) is 0 Å². The lowest BCUT2D eigenvalue weighted by atomic mass is 10.0. The summed E-state index contributed by atoms with van der Waals surface area (Å²) in [7, 11) is -1.46. The maximum Gasteiger partial charge on any atom is 0.269 e. The lowest BCUT2D eigenvalue weighted by Gasteiger charge is -2.21. The molecular formula is C16H16N2O3S. The standard InChI is InChI=1S/C16H16N2O3S/c1-16(2,14-6-4-3-5-7-14)22(21)17-12-13-8-10-15(11-9-13)18(19)20/h3-12H,1-2H3/b17-12+/t22-/m1/s1. The highest BCUT2D eigenvalue weighted by atomic mass is 32.2. The Balaban J connectivity index is 2.15. The first-order valence-electron chi connectivity index (χ1n) is 6.67. The van der Waals surface area contributed by atoms with Crippen molar-refractivity contribution in [2.75, 3.05) is 0 Å². The molecule has 5 nitrogen and oxygen atoms in total. The Hall–Kier alpha value is -2.34. The normalized spacial score (nSPS) is 13.2. The number of nitro benzene ring substituents is 1. The van der Waals surface area contributed by atoms with Crippen LogP contribution in [0.3, 0.4) is 0 Å². The van der Waals surface area contributed by atoms with E-state index >= 15 is 0 Å². The molecule has 22 heavy (non-hydrogen) atoms. The number of nitrogens with zero attached hydrogens (tertiary/aromatic N) is 2. The summed E-state index contributed by atoms with van der Waals surface area (Å²) in [5.74, 6) is 0. The molecule has 114 valence electrons. The Kier molecular flexibility index (Phi) is 4.82. The Morgan fingerprint density at radius 1 is 1.09 bits per heavy atom. The topological polar surface area (TPSA) is 72.6 Å². The van der Waals surface area contributed by atoms with Gasteiger partial charge in [0.25, 0.3) is 5.69 Å². The van der Waals surface area contributed by atoms with E-state index in [0.29, 0.717) is 5.56 Å². The van der Waals surface area contributed by atoms with Crippen molar-refractivity contribution in [2.45, 2.75) is 18.6 Å². The Morgan fingerprint density at radius 3 is 2.23 bits per heavy atom. The molecule has 0 aliphatic heterocycles. The number of benzene rings is 2. The van der Waals surface area contributed by atoms with E-state index in [1.54, 1.807) is 12.1 Å². The number of rotatable bonds is 5. The van der Waals surface area contributed by atoms with Crippen molar-refractivity contribution in [1.82, 2.24) is 0 Å². The number of non-ortho nitro benzene ring substituents is 1. The number of hydrogen-bond acceptors (Lipinski definition) is 3. The first-order valence-corrected chi connectivity index (χ1v) is 7.78. The fraction of sp³-hybridized carbons (Fsp3) is 0.188. The summed E-state index contributed by atoms with van der Waals surface area (Å²) in [5, 5.41) is 10.6. The van der Waals surface area contributed by atoms with Crippen molar-refractivity contribution in [1.29, 1.82) is 0 Å². The van der Waals surface area contributed by atoms with Crippen molar-refractivity contribution in [2.24, 2.45) is 4.40 Å². The van der Waals surface area contributed by atoms with E-state index in [2.05, 4.69) is 4.40 Å². The Labute approximate surface area is 131 Å². The van der Waals surface area contributed by atoms with Crippen molar-refractivity contribution in [3.05, 3.63) is 75.8 Å². The third kappa shape index (κ3) is 3.65. The molecule has 2 aromatic carbocycles. The van der Waals surface area contributed by atoms with Gasteiger partial charge in [-0.3, -0.25) is 10.1 Å². The van der Waals surface area contributed by atoms with Gasteiger partial charge in [-0.2, -0.15) is 4.40 Å². The molecule has 2 aromatic rings. The monoisotopic (exact) mass is 316 g/mol. The van der Waals surface area contributed by atoms with Crippen molar-refractivity contribution >= 4 is 22.9 Å². The summed E-state index contributed by atoms with van der Waals surface area (Å²) in [4.78, 5) is 10.1. The van der Waals surface area contributed by atoms with Gasteiger partial charge in [0.05, 0.1) is 9.67 Å². The summed E-state index contributed by atoms with van der Waals surface area (Å²) in [5.41, 5.74) is 1.62. The molecule has 0 saturated carbocycles. The smallest absolute Gasteiger partial charge is 0.258 e. The first-order chi connectivity index (χ1) is 10.4. The highest BCUT2D eigenvalue weighted by Crippen LogP contribution is 2.27. The SMILES string of the molecule is CC(C)(c1ccccc1)[S@@](=O)/N=C/c1ccc([N+](=O)[O-])cc1. The maximum atomic E-state index is 12.4. The molecule has 6 heteroatoms. The van der Waals surface area contributed by atoms with Crippen LogP contribution in [0.2, 0.25) is 0 Å². The third-order valence-electron chi connectivity index (χ3n) is 3.31. The molecule has 2 rings (SSSR count). The van der Waals surface area contributed by atoms with Crippen molar-refractivity contribution in [3.63, 3.8) is 0 Å². The molecule has 0 unspecified atom stereocenters. The van der Waals surface area contributed by atoms with E-state index in [-0.39, 0.29) is 5.69 Å². The Bertz CT molecular complexity index is 710. The van der Waals surface area contributed by atoms with Crippen LogP contribution in [-0.4, -0.2) is 15.3 Å². The lowest BCUT2D eigenvalue weighted by molar-refractivity contribution is -0.384. The van der Waals surface area contributed by atoms with Gasteiger partial charge in [0.2, 0.25) is 0 Å². The zero-order chi connectivity index (χ0) is 16.2.